The zero-order valence-electron chi connectivity index (χ0n) is 9.54. The number of nitrogens with two attached hydrogens (primary N) is 1. The van der Waals surface area contributed by atoms with Gasteiger partial charge in [0.05, 0.1) is 6.20 Å². The number of halogens is 3. The van der Waals surface area contributed by atoms with Crippen LogP contribution in [-0.2, 0) is 19.5 Å². The second-order valence-corrected chi connectivity index (χ2v) is 3.94. The molecule has 0 amide bonds. The van der Waals surface area contributed by atoms with Crippen molar-refractivity contribution in [3.8, 4) is 0 Å². The Hall–Kier alpha value is -1.82. The van der Waals surface area contributed by atoms with Gasteiger partial charge in [-0.1, -0.05) is 0 Å². The van der Waals surface area contributed by atoms with Crippen LogP contribution in [0.25, 0.3) is 0 Å². The minimum absolute atomic E-state index is 0.361. The third-order valence-corrected chi connectivity index (χ3v) is 2.60. The average molecular weight is 255 g/mol. The Morgan fingerprint density at radius 3 is 2.33 bits per heavy atom. The molecule has 0 saturated carbocycles. The largest absolute Gasteiger partial charge is 0.326 e. The molecule has 1 aromatic carbocycles. The topological polar surface area (TPSA) is 43.8 Å². The van der Waals surface area contributed by atoms with Gasteiger partial charge in [-0.15, -0.1) is 0 Å². The molecule has 0 atom stereocenters. The van der Waals surface area contributed by atoms with Gasteiger partial charge in [-0.3, -0.25) is 4.68 Å². The summed E-state index contributed by atoms with van der Waals surface area (Å²) in [4.78, 5) is 0. The summed E-state index contributed by atoms with van der Waals surface area (Å²) in [5, 5.41) is 4.04. The highest BCUT2D eigenvalue weighted by Crippen LogP contribution is 2.14. The van der Waals surface area contributed by atoms with Crippen LogP contribution in [0.15, 0.2) is 24.5 Å². The third kappa shape index (κ3) is 2.70. The normalized spacial score (nSPS) is 10.9. The predicted molar refractivity (Wildman–Crippen MR) is 60.1 cm³/mol. The van der Waals surface area contributed by atoms with E-state index in [0.29, 0.717) is 25.1 Å². The van der Waals surface area contributed by atoms with Crippen LogP contribution in [0.4, 0.5) is 13.2 Å². The monoisotopic (exact) mass is 255 g/mol. The Kier molecular flexibility index (Phi) is 3.66. The molecule has 0 radical (unpaired) electrons. The standard InChI is InChI=1S/C12H12F3N3/c13-10-3-8(4-11(14)12(10)15)1-2-18-7-9(5-16)6-17-18/h3-4,6-7H,1-2,5,16H2. The van der Waals surface area contributed by atoms with E-state index in [0.717, 1.165) is 17.7 Å². The Morgan fingerprint density at radius 2 is 1.78 bits per heavy atom. The molecule has 2 aromatic rings. The zero-order chi connectivity index (χ0) is 13.1. The number of rotatable bonds is 4. The van der Waals surface area contributed by atoms with Crippen molar-refractivity contribution in [2.45, 2.75) is 19.5 Å². The van der Waals surface area contributed by atoms with Crippen molar-refractivity contribution < 1.29 is 13.2 Å². The highest BCUT2D eigenvalue weighted by Gasteiger charge is 2.10. The molecule has 0 bridgehead atoms. The number of benzene rings is 1. The summed E-state index contributed by atoms with van der Waals surface area (Å²) in [6.45, 7) is 0.838. The minimum Gasteiger partial charge on any atom is -0.326 e. The van der Waals surface area contributed by atoms with Gasteiger partial charge in [0.15, 0.2) is 17.5 Å². The maximum atomic E-state index is 13.0. The molecule has 6 heteroatoms. The maximum Gasteiger partial charge on any atom is 0.194 e. The molecule has 2 rings (SSSR count). The molecule has 2 N–H and O–H groups in total. The van der Waals surface area contributed by atoms with Crippen LogP contribution in [0.5, 0.6) is 0 Å². The average Bonchev–Trinajstić information content (AvgIpc) is 2.81. The van der Waals surface area contributed by atoms with Gasteiger partial charge in [0.25, 0.3) is 0 Å². The predicted octanol–water partition coefficient (Wildman–Crippen LogP) is 2.00. The lowest BCUT2D eigenvalue weighted by molar-refractivity contribution is 0.444. The number of aromatic nitrogens is 2. The lowest BCUT2D eigenvalue weighted by Crippen LogP contribution is -2.03. The van der Waals surface area contributed by atoms with Gasteiger partial charge in [0.2, 0.25) is 0 Å². The van der Waals surface area contributed by atoms with Gasteiger partial charge in [0, 0.05) is 24.8 Å². The van der Waals surface area contributed by atoms with Crippen molar-refractivity contribution in [2.75, 3.05) is 0 Å². The molecule has 0 spiro atoms. The van der Waals surface area contributed by atoms with Crippen molar-refractivity contribution in [3.63, 3.8) is 0 Å². The summed E-state index contributed by atoms with van der Waals surface area (Å²) in [5.74, 6) is -3.79. The number of aryl methyl sites for hydroxylation is 2. The zero-order valence-corrected chi connectivity index (χ0v) is 9.54. The lowest BCUT2D eigenvalue weighted by atomic mass is 10.1. The Morgan fingerprint density at radius 1 is 1.11 bits per heavy atom. The molecule has 0 saturated heterocycles. The van der Waals surface area contributed by atoms with E-state index in [9.17, 15) is 13.2 Å². The smallest absolute Gasteiger partial charge is 0.194 e. The third-order valence-electron chi connectivity index (χ3n) is 2.60. The second kappa shape index (κ2) is 5.22. The van der Waals surface area contributed by atoms with Crippen LogP contribution in [0.3, 0.4) is 0 Å². The van der Waals surface area contributed by atoms with Gasteiger partial charge >= 0.3 is 0 Å². The molecule has 1 heterocycles. The summed E-state index contributed by atoms with van der Waals surface area (Å²) in [6, 6.07) is 1.98. The van der Waals surface area contributed by atoms with Gasteiger partial charge in [0.1, 0.15) is 0 Å². The van der Waals surface area contributed by atoms with Crippen LogP contribution >= 0.6 is 0 Å². The fourth-order valence-electron chi connectivity index (χ4n) is 1.63. The summed E-state index contributed by atoms with van der Waals surface area (Å²) in [5.41, 5.74) is 6.70. The van der Waals surface area contributed by atoms with E-state index in [-0.39, 0.29) is 0 Å². The van der Waals surface area contributed by atoms with Crippen molar-refractivity contribution in [2.24, 2.45) is 5.73 Å². The van der Waals surface area contributed by atoms with Crippen LogP contribution in [0.2, 0.25) is 0 Å². The molecular formula is C12H12F3N3. The van der Waals surface area contributed by atoms with E-state index in [1.807, 2.05) is 0 Å². The molecule has 18 heavy (non-hydrogen) atoms. The first-order chi connectivity index (χ1) is 8.60. The summed E-state index contributed by atoms with van der Waals surface area (Å²) in [6.07, 6.45) is 3.75. The van der Waals surface area contributed by atoms with E-state index in [2.05, 4.69) is 5.10 Å². The first-order valence-electron chi connectivity index (χ1n) is 5.45. The van der Waals surface area contributed by atoms with E-state index in [4.69, 9.17) is 5.73 Å². The van der Waals surface area contributed by atoms with E-state index < -0.39 is 17.5 Å². The second-order valence-electron chi connectivity index (χ2n) is 3.94. The molecule has 96 valence electrons. The molecule has 0 aliphatic heterocycles. The van der Waals surface area contributed by atoms with Gasteiger partial charge in [-0.25, -0.2) is 13.2 Å². The SMILES string of the molecule is NCc1cnn(CCc2cc(F)c(F)c(F)c2)c1. The molecule has 0 unspecified atom stereocenters. The highest BCUT2D eigenvalue weighted by atomic mass is 19.2. The number of hydrogen-bond donors (Lipinski definition) is 1. The molecule has 0 fully saturated rings. The molecule has 1 aromatic heterocycles. The molecule has 0 aliphatic rings. The summed E-state index contributed by atoms with van der Waals surface area (Å²) < 4.78 is 40.3. The van der Waals surface area contributed by atoms with E-state index in [1.54, 1.807) is 17.1 Å². The van der Waals surface area contributed by atoms with E-state index >= 15 is 0 Å². The van der Waals surface area contributed by atoms with Crippen molar-refractivity contribution in [1.82, 2.24) is 9.78 Å². The minimum atomic E-state index is -1.44. The van der Waals surface area contributed by atoms with Crippen molar-refractivity contribution >= 4 is 0 Å². The van der Waals surface area contributed by atoms with Crippen LogP contribution in [-0.4, -0.2) is 9.78 Å². The summed E-state index contributed by atoms with van der Waals surface area (Å²) >= 11 is 0. The lowest BCUT2D eigenvalue weighted by Gasteiger charge is -2.04. The Bertz CT molecular complexity index is 528. The first kappa shape index (κ1) is 12.6. The number of nitrogens with zero attached hydrogens (tertiary/aromatic N) is 2. The molecular weight excluding hydrogens is 243 g/mol. The van der Waals surface area contributed by atoms with Crippen LogP contribution in [0, 0.1) is 17.5 Å². The fourth-order valence-corrected chi connectivity index (χ4v) is 1.63. The quantitative estimate of drug-likeness (QED) is 0.849. The molecule has 3 nitrogen and oxygen atoms in total. The van der Waals surface area contributed by atoms with Gasteiger partial charge < -0.3 is 5.73 Å². The first-order valence-corrected chi connectivity index (χ1v) is 5.45. The van der Waals surface area contributed by atoms with Crippen LogP contribution < -0.4 is 5.73 Å². The van der Waals surface area contributed by atoms with Crippen molar-refractivity contribution in [3.05, 3.63) is 53.1 Å². The van der Waals surface area contributed by atoms with Crippen molar-refractivity contribution in [1.29, 1.82) is 0 Å². The highest BCUT2D eigenvalue weighted by molar-refractivity contribution is 5.19. The van der Waals surface area contributed by atoms with Gasteiger partial charge in [-0.2, -0.15) is 5.10 Å². The van der Waals surface area contributed by atoms with Gasteiger partial charge in [-0.05, 0) is 24.1 Å². The van der Waals surface area contributed by atoms with E-state index in [1.165, 1.54) is 0 Å². The Balaban J connectivity index is 2.06. The van der Waals surface area contributed by atoms with Crippen LogP contribution in [0.1, 0.15) is 11.1 Å². The number of hydrogen-bond acceptors (Lipinski definition) is 2. The maximum absolute atomic E-state index is 13.0. The fraction of sp³-hybridized carbons (Fsp3) is 0.250. The molecule has 0 aliphatic carbocycles. The summed E-state index contributed by atoms with van der Waals surface area (Å²) in [7, 11) is 0. The Labute approximate surface area is 102 Å².